The summed E-state index contributed by atoms with van der Waals surface area (Å²) in [7, 11) is 0. The molecule has 128 valence electrons. The number of rotatable bonds is 2. The summed E-state index contributed by atoms with van der Waals surface area (Å²) in [5, 5.41) is 0. The molecule has 0 bridgehead atoms. The number of pyridine rings is 1. The van der Waals surface area contributed by atoms with Crippen molar-refractivity contribution in [2.24, 2.45) is 5.92 Å². The van der Waals surface area contributed by atoms with E-state index in [9.17, 15) is 4.79 Å². The van der Waals surface area contributed by atoms with Crippen LogP contribution >= 0.6 is 0 Å². The van der Waals surface area contributed by atoms with Crippen molar-refractivity contribution in [2.45, 2.75) is 59.7 Å². The second-order valence-electron chi connectivity index (χ2n) is 7.43. The number of aromatic nitrogens is 1. The molecule has 0 N–H and O–H groups in total. The molecule has 1 saturated heterocycles. The smallest absolute Gasteiger partial charge is 0.410 e. The summed E-state index contributed by atoms with van der Waals surface area (Å²) in [6, 6.07) is 3.92. The Kier molecular flexibility index (Phi) is 5.17. The number of hydrogen-bond acceptors (Lipinski definition) is 4. The Hall–Kier alpha value is -1.78. The van der Waals surface area contributed by atoms with Crippen LogP contribution in [-0.2, 0) is 4.74 Å². The molecule has 0 aliphatic carbocycles. The van der Waals surface area contributed by atoms with Gasteiger partial charge in [0.25, 0.3) is 0 Å². The molecule has 1 aliphatic heterocycles. The molecule has 1 aromatic heterocycles. The Balaban J connectivity index is 1.95. The maximum atomic E-state index is 12.2. The van der Waals surface area contributed by atoms with Crippen molar-refractivity contribution < 1.29 is 14.3 Å². The van der Waals surface area contributed by atoms with Gasteiger partial charge < -0.3 is 14.4 Å². The van der Waals surface area contributed by atoms with E-state index in [4.69, 9.17) is 9.47 Å². The molecule has 0 saturated carbocycles. The molecule has 23 heavy (non-hydrogen) atoms. The van der Waals surface area contributed by atoms with Gasteiger partial charge in [-0.1, -0.05) is 6.92 Å². The van der Waals surface area contributed by atoms with Crippen LogP contribution in [0.25, 0.3) is 0 Å². The van der Waals surface area contributed by atoms with Gasteiger partial charge in [-0.3, -0.25) is 4.98 Å². The fraction of sp³-hybridized carbons (Fsp3) is 0.667. The van der Waals surface area contributed by atoms with Gasteiger partial charge in [0.05, 0.1) is 0 Å². The number of hydrogen-bond donors (Lipinski definition) is 0. The molecule has 2 rings (SSSR count). The number of piperidine rings is 1. The molecule has 5 heteroatoms. The Morgan fingerprint density at radius 2 is 1.87 bits per heavy atom. The Labute approximate surface area is 139 Å². The number of nitrogens with zero attached hydrogens (tertiary/aromatic N) is 2. The molecule has 0 unspecified atom stereocenters. The first kappa shape index (κ1) is 17.6. The molecule has 0 aromatic carbocycles. The van der Waals surface area contributed by atoms with Crippen LogP contribution < -0.4 is 4.74 Å². The first-order valence-corrected chi connectivity index (χ1v) is 8.24. The van der Waals surface area contributed by atoms with Gasteiger partial charge in [-0.05, 0) is 34.6 Å². The zero-order valence-electron chi connectivity index (χ0n) is 15.0. The van der Waals surface area contributed by atoms with Crippen LogP contribution in [-0.4, -0.2) is 40.8 Å². The van der Waals surface area contributed by atoms with Crippen molar-refractivity contribution in [3.63, 3.8) is 0 Å². The maximum absolute atomic E-state index is 12.2. The largest absolute Gasteiger partial charge is 0.490 e. The SMILES string of the molecule is Cc1cc(O[C@H]2CCN(C(=O)OC(C)(C)C)C[C@H]2C)cc(C)n1. The van der Waals surface area contributed by atoms with Crippen molar-refractivity contribution >= 4 is 6.09 Å². The predicted molar refractivity (Wildman–Crippen MR) is 89.7 cm³/mol. The minimum absolute atomic E-state index is 0.106. The van der Waals surface area contributed by atoms with Crippen LogP contribution in [0.2, 0.25) is 0 Å². The topological polar surface area (TPSA) is 51.7 Å². The van der Waals surface area contributed by atoms with Crippen LogP contribution in [0.15, 0.2) is 12.1 Å². The van der Waals surface area contributed by atoms with Crippen LogP contribution in [0.1, 0.15) is 45.5 Å². The summed E-state index contributed by atoms with van der Waals surface area (Å²) in [5.74, 6) is 1.11. The van der Waals surface area contributed by atoms with Crippen molar-refractivity contribution in [3.8, 4) is 5.75 Å². The molecular formula is C18H28N2O3. The summed E-state index contributed by atoms with van der Waals surface area (Å²) >= 11 is 0. The van der Waals surface area contributed by atoms with Crippen LogP contribution in [0.4, 0.5) is 4.79 Å². The van der Waals surface area contributed by atoms with Gasteiger partial charge in [0.15, 0.2) is 0 Å². The number of aryl methyl sites for hydroxylation is 2. The average Bonchev–Trinajstić information content (AvgIpc) is 2.38. The molecular weight excluding hydrogens is 292 g/mol. The molecule has 2 heterocycles. The van der Waals surface area contributed by atoms with Crippen LogP contribution in [0.5, 0.6) is 5.75 Å². The fourth-order valence-corrected chi connectivity index (χ4v) is 2.83. The highest BCUT2D eigenvalue weighted by Gasteiger charge is 2.32. The quantitative estimate of drug-likeness (QED) is 0.833. The van der Waals surface area contributed by atoms with Crippen molar-refractivity contribution in [1.29, 1.82) is 0 Å². The molecule has 2 atom stereocenters. The number of likely N-dealkylation sites (tertiary alicyclic amines) is 1. The molecule has 1 fully saturated rings. The normalized spacial score (nSPS) is 21.9. The van der Waals surface area contributed by atoms with Crippen molar-refractivity contribution in [2.75, 3.05) is 13.1 Å². The maximum Gasteiger partial charge on any atom is 0.410 e. The zero-order valence-corrected chi connectivity index (χ0v) is 15.0. The highest BCUT2D eigenvalue weighted by Crippen LogP contribution is 2.25. The standard InChI is InChI=1S/C18H28N2O3/c1-12-11-20(17(21)23-18(4,5)6)8-7-16(12)22-15-9-13(2)19-14(3)10-15/h9-10,12,16H,7-8,11H2,1-6H3/t12-,16+/m1/s1. The number of carbonyl (C=O) groups is 1. The summed E-state index contributed by atoms with van der Waals surface area (Å²) in [6.45, 7) is 13.0. The fourth-order valence-electron chi connectivity index (χ4n) is 2.83. The number of carbonyl (C=O) groups excluding carboxylic acids is 1. The van der Waals surface area contributed by atoms with E-state index >= 15 is 0 Å². The van der Waals surface area contributed by atoms with Gasteiger partial charge in [-0.2, -0.15) is 0 Å². The predicted octanol–water partition coefficient (Wildman–Crippen LogP) is 3.72. The molecule has 1 aromatic rings. The minimum Gasteiger partial charge on any atom is -0.490 e. The highest BCUT2D eigenvalue weighted by molar-refractivity contribution is 5.68. The van der Waals surface area contributed by atoms with E-state index in [2.05, 4.69) is 11.9 Å². The third kappa shape index (κ3) is 5.12. The van der Waals surface area contributed by atoms with E-state index in [1.54, 1.807) is 4.90 Å². The summed E-state index contributed by atoms with van der Waals surface area (Å²) < 4.78 is 11.6. The first-order chi connectivity index (χ1) is 10.6. The van der Waals surface area contributed by atoms with Gasteiger partial charge in [-0.25, -0.2) is 4.79 Å². The van der Waals surface area contributed by atoms with Crippen molar-refractivity contribution in [3.05, 3.63) is 23.5 Å². The average molecular weight is 320 g/mol. The summed E-state index contributed by atoms with van der Waals surface area (Å²) in [6.07, 6.45) is 0.675. The molecule has 5 nitrogen and oxygen atoms in total. The van der Waals surface area contributed by atoms with E-state index in [0.29, 0.717) is 13.1 Å². The molecule has 0 radical (unpaired) electrons. The monoisotopic (exact) mass is 320 g/mol. The number of amides is 1. The second-order valence-corrected chi connectivity index (χ2v) is 7.43. The van der Waals surface area contributed by atoms with Crippen LogP contribution in [0, 0.1) is 19.8 Å². The van der Waals surface area contributed by atoms with Gasteiger partial charge in [0.2, 0.25) is 0 Å². The third-order valence-corrected chi connectivity index (χ3v) is 3.82. The highest BCUT2D eigenvalue weighted by atomic mass is 16.6. The lowest BCUT2D eigenvalue weighted by Crippen LogP contribution is -2.48. The Morgan fingerprint density at radius 3 is 2.39 bits per heavy atom. The van der Waals surface area contributed by atoms with E-state index in [1.165, 1.54) is 0 Å². The Bertz CT molecular complexity index is 546. The van der Waals surface area contributed by atoms with E-state index in [1.807, 2.05) is 46.8 Å². The number of ether oxygens (including phenoxy) is 2. The molecule has 0 spiro atoms. The lowest BCUT2D eigenvalue weighted by atomic mass is 9.96. The van der Waals surface area contributed by atoms with Crippen molar-refractivity contribution in [1.82, 2.24) is 9.88 Å². The van der Waals surface area contributed by atoms with Gasteiger partial charge in [-0.15, -0.1) is 0 Å². The first-order valence-electron chi connectivity index (χ1n) is 8.24. The van der Waals surface area contributed by atoms with E-state index in [-0.39, 0.29) is 18.1 Å². The van der Waals surface area contributed by atoms with E-state index < -0.39 is 5.60 Å². The summed E-state index contributed by atoms with van der Waals surface area (Å²) in [4.78, 5) is 18.3. The Morgan fingerprint density at radius 1 is 1.26 bits per heavy atom. The van der Waals surface area contributed by atoms with E-state index in [0.717, 1.165) is 23.6 Å². The van der Waals surface area contributed by atoms with Crippen LogP contribution in [0.3, 0.4) is 0 Å². The lowest BCUT2D eigenvalue weighted by molar-refractivity contribution is 0.000347. The summed E-state index contributed by atoms with van der Waals surface area (Å²) in [5.41, 5.74) is 1.46. The van der Waals surface area contributed by atoms with Gasteiger partial charge in [0, 0.05) is 48.9 Å². The molecule has 1 aliphatic rings. The van der Waals surface area contributed by atoms with Gasteiger partial charge >= 0.3 is 6.09 Å². The zero-order chi connectivity index (χ0) is 17.2. The molecule has 1 amide bonds. The third-order valence-electron chi connectivity index (χ3n) is 3.82. The minimum atomic E-state index is -0.459. The lowest BCUT2D eigenvalue weighted by Gasteiger charge is -2.37. The van der Waals surface area contributed by atoms with Gasteiger partial charge in [0.1, 0.15) is 17.5 Å². The second kappa shape index (κ2) is 6.77.